The maximum atomic E-state index is 9.51. The first-order valence-corrected chi connectivity index (χ1v) is 7.61. The fourth-order valence-electron chi connectivity index (χ4n) is 2.38. The highest BCUT2D eigenvalue weighted by Crippen LogP contribution is 2.24. The highest BCUT2D eigenvalue weighted by atomic mass is 32.1. The summed E-state index contributed by atoms with van der Waals surface area (Å²) in [7, 11) is 0. The molecule has 4 heteroatoms. The number of aryl methyl sites for hydroxylation is 1. The van der Waals surface area contributed by atoms with Crippen molar-refractivity contribution in [2.75, 3.05) is 0 Å². The second-order valence-electron chi connectivity index (χ2n) is 4.77. The zero-order valence-corrected chi connectivity index (χ0v) is 12.5. The predicted octanol–water partition coefficient (Wildman–Crippen LogP) is 3.79. The monoisotopic (exact) mass is 298 g/mol. The van der Waals surface area contributed by atoms with Gasteiger partial charge in [0, 0.05) is 18.2 Å². The number of aromatic nitrogens is 1. The van der Waals surface area contributed by atoms with E-state index in [2.05, 4.69) is 23.6 Å². The molecular weight excluding hydrogens is 282 g/mol. The number of thiazole rings is 1. The average Bonchev–Trinajstić information content (AvgIpc) is 2.81. The van der Waals surface area contributed by atoms with Gasteiger partial charge in [-0.25, -0.2) is 0 Å². The van der Waals surface area contributed by atoms with Crippen LogP contribution in [0.1, 0.15) is 17.5 Å². The van der Waals surface area contributed by atoms with Crippen molar-refractivity contribution in [3.8, 4) is 11.5 Å². The summed E-state index contributed by atoms with van der Waals surface area (Å²) >= 11 is 1.73. The van der Waals surface area contributed by atoms with Crippen LogP contribution in [0.25, 0.3) is 22.4 Å². The minimum absolute atomic E-state index is 0.0642. The van der Waals surface area contributed by atoms with Crippen LogP contribution in [0.5, 0.6) is 11.5 Å². The molecule has 1 aromatic heterocycles. The molecule has 3 rings (SSSR count). The minimum atomic E-state index is 0.0642. The van der Waals surface area contributed by atoms with Crippen molar-refractivity contribution in [1.82, 2.24) is 0 Å². The summed E-state index contributed by atoms with van der Waals surface area (Å²) < 4.78 is 3.50. The van der Waals surface area contributed by atoms with Gasteiger partial charge in [-0.3, -0.25) is 0 Å². The molecule has 0 aliphatic heterocycles. The summed E-state index contributed by atoms with van der Waals surface area (Å²) in [5.41, 5.74) is 2.00. The van der Waals surface area contributed by atoms with Crippen LogP contribution < -0.4 is 4.57 Å². The van der Waals surface area contributed by atoms with Crippen LogP contribution in [0.15, 0.2) is 42.5 Å². The van der Waals surface area contributed by atoms with Crippen molar-refractivity contribution >= 4 is 33.7 Å². The van der Waals surface area contributed by atoms with Gasteiger partial charge in [0.25, 0.3) is 5.01 Å². The fourth-order valence-corrected chi connectivity index (χ4v) is 3.51. The van der Waals surface area contributed by atoms with Gasteiger partial charge < -0.3 is 10.2 Å². The van der Waals surface area contributed by atoms with E-state index in [-0.39, 0.29) is 11.5 Å². The Balaban J connectivity index is 2.02. The molecule has 0 fully saturated rings. The molecule has 0 saturated carbocycles. The first-order valence-electron chi connectivity index (χ1n) is 6.80. The van der Waals surface area contributed by atoms with Crippen LogP contribution in [0.4, 0.5) is 0 Å². The van der Waals surface area contributed by atoms with E-state index < -0.39 is 0 Å². The molecule has 2 aromatic carbocycles. The summed E-state index contributed by atoms with van der Waals surface area (Å²) in [6.45, 7) is 3.02. The van der Waals surface area contributed by atoms with Crippen LogP contribution in [0.3, 0.4) is 0 Å². The van der Waals surface area contributed by atoms with Crippen LogP contribution in [0, 0.1) is 0 Å². The molecule has 0 aliphatic rings. The van der Waals surface area contributed by atoms with E-state index in [4.69, 9.17) is 0 Å². The summed E-state index contributed by atoms with van der Waals surface area (Å²) in [6, 6.07) is 12.9. The number of para-hydroxylation sites is 1. The molecule has 0 radical (unpaired) electrons. The summed E-state index contributed by atoms with van der Waals surface area (Å²) in [4.78, 5) is 0. The number of phenolic OH excluding ortho intramolecular Hbond substituents is 2. The van der Waals surface area contributed by atoms with Gasteiger partial charge in [0.1, 0.15) is 22.7 Å². The third-order valence-corrected chi connectivity index (χ3v) is 4.43. The molecule has 21 heavy (non-hydrogen) atoms. The molecule has 3 aromatic rings. The van der Waals surface area contributed by atoms with Crippen LogP contribution in [0.2, 0.25) is 0 Å². The maximum Gasteiger partial charge on any atom is 0.262 e. The second-order valence-corrected chi connectivity index (χ2v) is 5.83. The summed E-state index contributed by atoms with van der Waals surface area (Å²) in [6.07, 6.45) is 3.92. The summed E-state index contributed by atoms with van der Waals surface area (Å²) in [5.74, 6) is 0.128. The lowest BCUT2D eigenvalue weighted by Gasteiger charge is -1.97. The third kappa shape index (κ3) is 2.76. The Morgan fingerprint density at radius 2 is 1.76 bits per heavy atom. The molecule has 0 atom stereocenters. The molecule has 106 valence electrons. The normalized spacial score (nSPS) is 11.5. The van der Waals surface area contributed by atoms with Crippen molar-refractivity contribution in [3.63, 3.8) is 0 Å². The SMILES string of the molecule is CC[n+]1c(/C=C/c2cc(O)cc(O)c2)sc2ccccc21. The molecule has 3 nitrogen and oxygen atoms in total. The van der Waals surface area contributed by atoms with Gasteiger partial charge in [0.15, 0.2) is 0 Å². The third-order valence-electron chi connectivity index (χ3n) is 3.30. The highest BCUT2D eigenvalue weighted by molar-refractivity contribution is 7.18. The number of rotatable bonds is 3. The number of nitrogens with zero attached hydrogens (tertiary/aromatic N) is 1. The van der Waals surface area contributed by atoms with Crippen molar-refractivity contribution < 1.29 is 14.8 Å². The Morgan fingerprint density at radius 1 is 1.05 bits per heavy atom. The van der Waals surface area contributed by atoms with E-state index in [1.807, 2.05) is 24.3 Å². The molecule has 0 bridgehead atoms. The molecule has 0 unspecified atom stereocenters. The molecule has 1 heterocycles. The van der Waals surface area contributed by atoms with Gasteiger partial charge in [-0.05, 0) is 36.8 Å². The first-order chi connectivity index (χ1) is 10.2. The van der Waals surface area contributed by atoms with Gasteiger partial charge in [-0.1, -0.05) is 23.5 Å². The van der Waals surface area contributed by atoms with E-state index in [0.717, 1.165) is 17.1 Å². The Hall–Kier alpha value is -2.33. The van der Waals surface area contributed by atoms with Crippen molar-refractivity contribution in [2.24, 2.45) is 0 Å². The Bertz CT molecular complexity index is 801. The van der Waals surface area contributed by atoms with Crippen molar-refractivity contribution in [1.29, 1.82) is 0 Å². The second kappa shape index (κ2) is 5.58. The fraction of sp³-hybridized carbons (Fsp3) is 0.118. The molecular formula is C17H16NO2S+. The summed E-state index contributed by atoms with van der Waals surface area (Å²) in [5, 5.41) is 20.2. The zero-order valence-electron chi connectivity index (χ0n) is 11.7. The smallest absolute Gasteiger partial charge is 0.262 e. The van der Waals surface area contributed by atoms with Crippen LogP contribution in [-0.4, -0.2) is 10.2 Å². The average molecular weight is 298 g/mol. The standard InChI is InChI=1S/C17H15NO2S/c1-2-18-15-5-3-4-6-16(15)21-17(18)8-7-12-9-13(19)11-14(20)10-12/h3-11H,2H2,1H3,(H-,19,20)/p+1/b8-7+. The maximum absolute atomic E-state index is 9.51. The van der Waals surface area contributed by atoms with E-state index in [0.29, 0.717) is 0 Å². The van der Waals surface area contributed by atoms with Crippen LogP contribution in [-0.2, 0) is 6.54 Å². The van der Waals surface area contributed by atoms with Crippen molar-refractivity contribution in [3.05, 3.63) is 53.0 Å². The van der Waals surface area contributed by atoms with Gasteiger partial charge in [0.05, 0.1) is 0 Å². The number of hydrogen-bond donors (Lipinski definition) is 2. The number of phenols is 2. The topological polar surface area (TPSA) is 44.3 Å². The van der Waals surface area contributed by atoms with Crippen molar-refractivity contribution in [2.45, 2.75) is 13.5 Å². The minimum Gasteiger partial charge on any atom is -0.508 e. The quantitative estimate of drug-likeness (QED) is 0.723. The Morgan fingerprint density at radius 3 is 2.48 bits per heavy atom. The van der Waals surface area contributed by atoms with E-state index in [1.165, 1.54) is 16.3 Å². The van der Waals surface area contributed by atoms with E-state index in [1.54, 1.807) is 23.5 Å². The first kappa shape index (κ1) is 13.6. The van der Waals surface area contributed by atoms with Gasteiger partial charge in [0.2, 0.25) is 5.52 Å². The highest BCUT2D eigenvalue weighted by Gasteiger charge is 2.15. The Kier molecular flexibility index (Phi) is 3.62. The van der Waals surface area contributed by atoms with Gasteiger partial charge in [-0.15, -0.1) is 0 Å². The lowest BCUT2D eigenvalue weighted by molar-refractivity contribution is -0.665. The molecule has 0 spiro atoms. The zero-order chi connectivity index (χ0) is 14.8. The van der Waals surface area contributed by atoms with Crippen LogP contribution >= 0.6 is 11.3 Å². The number of fused-ring (bicyclic) bond motifs is 1. The molecule has 0 amide bonds. The molecule has 0 aliphatic carbocycles. The lowest BCUT2D eigenvalue weighted by Crippen LogP contribution is -2.33. The predicted molar refractivity (Wildman–Crippen MR) is 86.4 cm³/mol. The van der Waals surface area contributed by atoms with E-state index >= 15 is 0 Å². The van der Waals surface area contributed by atoms with Gasteiger partial charge in [-0.2, -0.15) is 4.57 Å². The number of benzene rings is 2. The molecule has 0 saturated heterocycles. The largest absolute Gasteiger partial charge is 0.508 e. The molecule has 2 N–H and O–H groups in total. The number of aromatic hydroxyl groups is 2. The van der Waals surface area contributed by atoms with E-state index in [9.17, 15) is 10.2 Å². The van der Waals surface area contributed by atoms with Gasteiger partial charge >= 0.3 is 0 Å². The Labute approximate surface area is 127 Å². The number of hydrogen-bond acceptors (Lipinski definition) is 3. The lowest BCUT2D eigenvalue weighted by atomic mass is 10.2.